The summed E-state index contributed by atoms with van der Waals surface area (Å²) in [4.78, 5) is 64.9. The van der Waals surface area contributed by atoms with E-state index in [9.17, 15) is 24.0 Å². The van der Waals surface area contributed by atoms with Crippen molar-refractivity contribution >= 4 is 35.3 Å². The highest BCUT2D eigenvalue weighted by Gasteiger charge is 2.68. The number of Topliss-reactive ketones (excluding diaryl/α,β-unsaturated/α-hetero) is 1. The Kier molecular flexibility index (Phi) is 7.05. The first-order valence-electron chi connectivity index (χ1n) is 12.4. The standard InChI is InChI=1S/C27H33NO9/c1-14(29)36-19-12-18(24(32)35-5)26(2)11-10-17-25(33)37-20(13-27(17,3)22(26)21(19)30)23(31)28-15-6-8-16(34-4)9-7-15/h6-9,17-20,22H,10-13H2,1-5H3,(H,28,31)/t17-,18-,19-,20-,22-,26-,27-/m0/s1. The fourth-order valence-corrected chi connectivity index (χ4v) is 6.86. The summed E-state index contributed by atoms with van der Waals surface area (Å²) >= 11 is 0. The molecular formula is C27H33NO9. The third kappa shape index (κ3) is 4.57. The zero-order valence-electron chi connectivity index (χ0n) is 21.7. The Balaban J connectivity index is 1.68. The average molecular weight is 516 g/mol. The number of anilines is 1. The van der Waals surface area contributed by atoms with Crippen LogP contribution in [0.2, 0.25) is 0 Å². The largest absolute Gasteiger partial charge is 0.497 e. The summed E-state index contributed by atoms with van der Waals surface area (Å²) in [5.41, 5.74) is -1.36. The van der Waals surface area contributed by atoms with Gasteiger partial charge in [-0.15, -0.1) is 0 Å². The summed E-state index contributed by atoms with van der Waals surface area (Å²) in [5, 5.41) is 2.76. The molecule has 1 heterocycles. The summed E-state index contributed by atoms with van der Waals surface area (Å²) < 4.78 is 21.1. The number of hydrogen-bond acceptors (Lipinski definition) is 9. The van der Waals surface area contributed by atoms with Crippen LogP contribution in [0.5, 0.6) is 5.75 Å². The van der Waals surface area contributed by atoms with Crippen LogP contribution >= 0.6 is 0 Å². The van der Waals surface area contributed by atoms with Crippen LogP contribution in [0.3, 0.4) is 0 Å². The van der Waals surface area contributed by atoms with Crippen molar-refractivity contribution in [3.8, 4) is 5.75 Å². The number of rotatable bonds is 5. The van der Waals surface area contributed by atoms with Gasteiger partial charge in [0.1, 0.15) is 5.75 Å². The van der Waals surface area contributed by atoms with E-state index < -0.39 is 64.6 Å². The van der Waals surface area contributed by atoms with Crippen LogP contribution in [-0.4, -0.2) is 56.0 Å². The molecule has 0 unspecified atom stereocenters. The van der Waals surface area contributed by atoms with Crippen LogP contribution in [0.4, 0.5) is 5.69 Å². The lowest BCUT2D eigenvalue weighted by Crippen LogP contribution is -2.66. The highest BCUT2D eigenvalue weighted by atomic mass is 16.6. The van der Waals surface area contributed by atoms with Crippen molar-refractivity contribution < 1.29 is 42.9 Å². The normalized spacial score (nSPS) is 34.8. The van der Waals surface area contributed by atoms with Gasteiger partial charge < -0.3 is 24.3 Å². The van der Waals surface area contributed by atoms with Crippen LogP contribution in [0.25, 0.3) is 0 Å². The van der Waals surface area contributed by atoms with Crippen molar-refractivity contribution in [3.05, 3.63) is 24.3 Å². The third-order valence-corrected chi connectivity index (χ3v) is 8.55. The summed E-state index contributed by atoms with van der Waals surface area (Å²) in [7, 11) is 2.82. The van der Waals surface area contributed by atoms with E-state index in [0.717, 1.165) is 0 Å². The zero-order chi connectivity index (χ0) is 27.1. The van der Waals surface area contributed by atoms with E-state index in [2.05, 4.69) is 5.32 Å². The van der Waals surface area contributed by atoms with Gasteiger partial charge in [-0.2, -0.15) is 0 Å². The van der Waals surface area contributed by atoms with Crippen molar-refractivity contribution in [1.82, 2.24) is 0 Å². The molecule has 1 N–H and O–H groups in total. The van der Waals surface area contributed by atoms with Crippen molar-refractivity contribution in [1.29, 1.82) is 0 Å². The first kappa shape index (κ1) is 26.6. The Morgan fingerprint density at radius 2 is 1.73 bits per heavy atom. The lowest BCUT2D eigenvalue weighted by Gasteiger charge is -2.60. The number of hydrogen-bond donors (Lipinski definition) is 1. The summed E-state index contributed by atoms with van der Waals surface area (Å²) in [6, 6.07) is 6.71. The zero-order valence-corrected chi connectivity index (χ0v) is 21.7. The number of fused-ring (bicyclic) bond motifs is 3. The van der Waals surface area contributed by atoms with Crippen molar-refractivity contribution in [2.45, 2.75) is 58.7 Å². The maximum atomic E-state index is 13.9. The molecule has 0 spiro atoms. The highest BCUT2D eigenvalue weighted by Crippen LogP contribution is 2.64. The number of nitrogens with one attached hydrogen (secondary N) is 1. The number of amides is 1. The summed E-state index contributed by atoms with van der Waals surface area (Å²) in [5.74, 6) is -4.11. The molecular weight excluding hydrogens is 482 g/mol. The molecule has 3 aliphatic rings. The van der Waals surface area contributed by atoms with Gasteiger partial charge in [0.15, 0.2) is 18.0 Å². The lowest BCUT2D eigenvalue weighted by molar-refractivity contribution is -0.209. The Morgan fingerprint density at radius 1 is 1.05 bits per heavy atom. The van der Waals surface area contributed by atoms with Crippen LogP contribution in [0, 0.1) is 28.6 Å². The molecule has 2 aliphatic carbocycles. The van der Waals surface area contributed by atoms with Crippen LogP contribution < -0.4 is 10.1 Å². The van der Waals surface area contributed by atoms with Crippen molar-refractivity contribution in [3.63, 3.8) is 0 Å². The predicted octanol–water partition coefficient (Wildman–Crippen LogP) is 2.68. The fraction of sp³-hybridized carbons (Fsp3) is 0.593. The number of carbonyl (C=O) groups excluding carboxylic acids is 5. The number of benzene rings is 1. The van der Waals surface area contributed by atoms with E-state index in [1.165, 1.54) is 21.1 Å². The molecule has 37 heavy (non-hydrogen) atoms. The minimum atomic E-state index is -1.14. The van der Waals surface area contributed by atoms with Gasteiger partial charge in [-0.25, -0.2) is 0 Å². The summed E-state index contributed by atoms with van der Waals surface area (Å²) in [6.45, 7) is 4.86. The molecule has 1 aromatic rings. The Hall–Kier alpha value is -3.43. The molecule has 10 heteroatoms. The first-order chi connectivity index (χ1) is 17.4. The summed E-state index contributed by atoms with van der Waals surface area (Å²) in [6.07, 6.45) is -1.37. The molecule has 3 fully saturated rings. The number of carbonyl (C=O) groups is 5. The predicted molar refractivity (Wildman–Crippen MR) is 129 cm³/mol. The van der Waals surface area contributed by atoms with Gasteiger partial charge in [-0.3, -0.25) is 24.0 Å². The Bertz CT molecular complexity index is 1120. The SMILES string of the molecule is COC(=O)[C@@H]1C[C@H](OC(C)=O)C(=O)[C@H]2[C@@]1(C)CC[C@H]1C(=O)O[C@H](C(=O)Nc3ccc(OC)cc3)C[C@]21C. The smallest absolute Gasteiger partial charge is 0.310 e. The van der Waals surface area contributed by atoms with Crippen LogP contribution in [-0.2, 0) is 38.2 Å². The molecule has 0 bridgehead atoms. The molecule has 2 saturated carbocycles. The third-order valence-electron chi connectivity index (χ3n) is 8.55. The van der Waals surface area contributed by atoms with E-state index in [0.29, 0.717) is 24.3 Å². The van der Waals surface area contributed by atoms with Crippen LogP contribution in [0.15, 0.2) is 24.3 Å². The van der Waals surface area contributed by atoms with Gasteiger partial charge in [-0.05, 0) is 47.9 Å². The molecule has 4 rings (SSSR count). The number of methoxy groups -OCH3 is 2. The van der Waals surface area contributed by atoms with E-state index in [1.807, 2.05) is 6.92 Å². The Labute approximate surface area is 215 Å². The van der Waals surface area contributed by atoms with Gasteiger partial charge in [0.25, 0.3) is 5.91 Å². The molecule has 1 aliphatic heterocycles. The van der Waals surface area contributed by atoms with Gasteiger partial charge in [0, 0.05) is 31.4 Å². The second-order valence-corrected chi connectivity index (χ2v) is 10.7. The molecule has 10 nitrogen and oxygen atoms in total. The van der Waals surface area contributed by atoms with Gasteiger partial charge in [0.2, 0.25) is 0 Å². The topological polar surface area (TPSA) is 134 Å². The quantitative estimate of drug-likeness (QED) is 0.464. The molecule has 0 aromatic heterocycles. The van der Waals surface area contributed by atoms with Crippen molar-refractivity contribution in [2.75, 3.05) is 19.5 Å². The molecule has 1 aromatic carbocycles. The molecule has 7 atom stereocenters. The maximum absolute atomic E-state index is 13.9. The van der Waals surface area contributed by atoms with E-state index in [-0.39, 0.29) is 18.6 Å². The minimum absolute atomic E-state index is 0.0185. The number of esters is 3. The minimum Gasteiger partial charge on any atom is -0.497 e. The van der Waals surface area contributed by atoms with Crippen LogP contribution in [0.1, 0.15) is 46.5 Å². The van der Waals surface area contributed by atoms with Gasteiger partial charge in [0.05, 0.1) is 26.1 Å². The monoisotopic (exact) mass is 515 g/mol. The molecule has 200 valence electrons. The molecule has 1 amide bonds. The fourth-order valence-electron chi connectivity index (χ4n) is 6.86. The first-order valence-corrected chi connectivity index (χ1v) is 12.4. The number of cyclic esters (lactones) is 1. The highest BCUT2D eigenvalue weighted by molar-refractivity contribution is 5.97. The maximum Gasteiger partial charge on any atom is 0.310 e. The lowest BCUT2D eigenvalue weighted by atomic mass is 9.43. The molecule has 0 radical (unpaired) electrons. The second-order valence-electron chi connectivity index (χ2n) is 10.7. The van der Waals surface area contributed by atoms with E-state index in [1.54, 1.807) is 31.2 Å². The number of ether oxygens (including phenoxy) is 4. The van der Waals surface area contributed by atoms with Gasteiger partial charge in [-0.1, -0.05) is 13.8 Å². The second kappa shape index (κ2) is 9.79. The number of ketones is 1. The van der Waals surface area contributed by atoms with Crippen molar-refractivity contribution in [2.24, 2.45) is 28.6 Å². The van der Waals surface area contributed by atoms with Gasteiger partial charge >= 0.3 is 17.9 Å². The Morgan fingerprint density at radius 3 is 2.32 bits per heavy atom. The van der Waals surface area contributed by atoms with E-state index >= 15 is 0 Å². The van der Waals surface area contributed by atoms with E-state index in [4.69, 9.17) is 18.9 Å². The average Bonchev–Trinajstić information content (AvgIpc) is 2.84. The molecule has 1 saturated heterocycles.